The molecule has 7 rings (SSSR count). The highest BCUT2D eigenvalue weighted by Crippen LogP contribution is 2.55. The predicted octanol–water partition coefficient (Wildman–Crippen LogP) is 2.96. The minimum atomic E-state index is -4.68. The van der Waals surface area contributed by atoms with Crippen molar-refractivity contribution in [3.63, 3.8) is 0 Å². The molecule has 61 heavy (non-hydrogen) atoms. The second-order valence-electron chi connectivity index (χ2n) is 15.4. The molecule has 0 bridgehead atoms. The van der Waals surface area contributed by atoms with E-state index in [2.05, 4.69) is 14.9 Å². The number of rotatable bonds is 13. The molecule has 2 aliphatic rings. The lowest BCUT2D eigenvalue weighted by atomic mass is 9.75. The summed E-state index contributed by atoms with van der Waals surface area (Å²) in [6.45, 7) is 2.61. The molecule has 0 radical (unpaired) electrons. The van der Waals surface area contributed by atoms with Crippen molar-refractivity contribution in [2.24, 2.45) is 0 Å². The molecule has 1 unspecified atom stereocenters. The van der Waals surface area contributed by atoms with Crippen LogP contribution >= 0.6 is 15.3 Å². The quantitative estimate of drug-likeness (QED) is 0.0988. The molecule has 0 spiro atoms. The van der Waals surface area contributed by atoms with Crippen LogP contribution in [0, 0.1) is 13.8 Å². The van der Waals surface area contributed by atoms with Crippen LogP contribution in [0.1, 0.15) is 40.3 Å². The van der Waals surface area contributed by atoms with Crippen LogP contribution in [0.2, 0.25) is 0 Å². The van der Waals surface area contributed by atoms with Gasteiger partial charge in [0.2, 0.25) is 0 Å². The molecule has 3 aromatic carbocycles. The molecule has 4 heterocycles. The number of aryl methyl sites for hydroxylation is 2. The molecule has 5 aromatic rings. The van der Waals surface area contributed by atoms with Gasteiger partial charge in [-0.2, -0.15) is 0 Å². The van der Waals surface area contributed by atoms with E-state index in [0.717, 1.165) is 21.3 Å². The molecule has 4 N–H and O–H groups in total. The van der Waals surface area contributed by atoms with E-state index < -0.39 is 74.1 Å². The van der Waals surface area contributed by atoms with Gasteiger partial charge in [-0.15, -0.1) is 0 Å². The minimum absolute atomic E-state index is 0.147. The summed E-state index contributed by atoms with van der Waals surface area (Å²) in [6, 6.07) is 29.7. The third kappa shape index (κ3) is 9.20. The molecule has 324 valence electrons. The van der Waals surface area contributed by atoms with Crippen LogP contribution in [0.25, 0.3) is 0 Å². The van der Waals surface area contributed by atoms with E-state index in [4.69, 9.17) is 14.0 Å². The van der Waals surface area contributed by atoms with E-state index >= 15 is 4.57 Å². The number of ether oxygens (including phenoxy) is 2. The molecule has 2 saturated heterocycles. The summed E-state index contributed by atoms with van der Waals surface area (Å²) in [5.74, 6) is 0. The van der Waals surface area contributed by atoms with Crippen molar-refractivity contribution in [1.82, 2.24) is 33.3 Å². The van der Waals surface area contributed by atoms with Crippen molar-refractivity contribution < 1.29 is 32.9 Å². The highest BCUT2D eigenvalue weighted by atomic mass is 31.2. The molecular weight excluding hydrogens is 828 g/mol. The summed E-state index contributed by atoms with van der Waals surface area (Å²) >= 11 is 0. The molecule has 0 amide bonds. The monoisotopic (exact) mass is 877 g/mol. The fourth-order valence-corrected chi connectivity index (χ4v) is 10.9. The van der Waals surface area contributed by atoms with E-state index in [1.807, 2.05) is 91.0 Å². The molecule has 0 saturated carbocycles. The first-order valence-corrected chi connectivity index (χ1v) is 22.9. The van der Waals surface area contributed by atoms with Crippen LogP contribution < -0.4 is 22.5 Å². The second-order valence-corrected chi connectivity index (χ2v) is 19.7. The lowest BCUT2D eigenvalue weighted by molar-refractivity contribution is -0.150. The maximum atomic E-state index is 15.3. The maximum absolute atomic E-state index is 15.3. The zero-order valence-electron chi connectivity index (χ0n) is 34.1. The Hall–Kier alpha value is -4.84. The fraction of sp³-hybridized carbons (Fsp3) is 0.366. The predicted molar refractivity (Wildman–Crippen MR) is 226 cm³/mol. The Balaban J connectivity index is 1.31. The van der Waals surface area contributed by atoms with Crippen LogP contribution in [0.4, 0.5) is 0 Å². The standard InChI is InChI=1S/C41H49N7O11P2/c1-28-20-47(39(51)42-37(28)49)35-24-45(41(30-14-8-5-9-15-30,31-16-10-6-11-17-31)32-18-12-7-13-19-32)22-33(58-35)26-57-61(56,44(3)4)46-23-34(27-60(53,54)55)59-36(25-46)48-21-29(2)38(50)43-40(48)52/h5-21,33-36H,22-27H2,1-4H3,(H,42,49,51)(H,43,50,52)(H2,53,54,55)/t33-,34-,35+,36+,61?/m0/s1. The van der Waals surface area contributed by atoms with Crippen LogP contribution in [0.5, 0.6) is 0 Å². The van der Waals surface area contributed by atoms with Crippen LogP contribution in [-0.4, -0.2) is 108 Å². The molecule has 5 atom stereocenters. The summed E-state index contributed by atoms with van der Waals surface area (Å²) in [4.78, 5) is 78.0. The first-order chi connectivity index (χ1) is 29.0. The summed E-state index contributed by atoms with van der Waals surface area (Å²) in [6.07, 6.45) is -2.34. The number of nitrogens with zero attached hydrogens (tertiary/aromatic N) is 5. The number of morpholine rings is 2. The van der Waals surface area contributed by atoms with E-state index in [-0.39, 0.29) is 43.9 Å². The van der Waals surface area contributed by atoms with Crippen LogP contribution in [0.3, 0.4) is 0 Å². The summed E-state index contributed by atoms with van der Waals surface area (Å²) in [5.41, 5.74) is -0.424. The summed E-state index contributed by atoms with van der Waals surface area (Å²) in [7, 11) is -5.77. The van der Waals surface area contributed by atoms with Gasteiger partial charge < -0.3 is 23.8 Å². The zero-order valence-corrected chi connectivity index (χ0v) is 35.9. The van der Waals surface area contributed by atoms with Gasteiger partial charge in [-0.05, 0) is 44.6 Å². The molecule has 0 aliphatic carbocycles. The summed E-state index contributed by atoms with van der Waals surface area (Å²) in [5, 5.41) is 0. The third-order valence-electron chi connectivity index (χ3n) is 11.0. The zero-order chi connectivity index (χ0) is 43.7. The highest BCUT2D eigenvalue weighted by molar-refractivity contribution is 7.54. The van der Waals surface area contributed by atoms with Crippen LogP contribution in [-0.2, 0) is 28.7 Å². The molecule has 2 aliphatic heterocycles. The molecule has 2 fully saturated rings. The Morgan fingerprint density at radius 3 is 1.57 bits per heavy atom. The highest BCUT2D eigenvalue weighted by Gasteiger charge is 2.48. The number of nitrogens with one attached hydrogen (secondary N) is 2. The SMILES string of the molecule is Cc1cn([C@H]2CN(C(c3ccccc3)(c3ccccc3)c3ccccc3)C[C@@H](COP(=O)(N(C)C)N3C[C@@H](CP(=O)(O)O)O[C@@H](n4cc(C)c(=O)[nH]c4=O)C3)O2)c(=O)[nH]c1=O. The Kier molecular flexibility index (Phi) is 13.0. The van der Waals surface area contributed by atoms with Gasteiger partial charge in [0.05, 0.1) is 37.1 Å². The van der Waals surface area contributed by atoms with Crippen molar-refractivity contribution in [3.8, 4) is 0 Å². The van der Waals surface area contributed by atoms with Gasteiger partial charge in [-0.1, -0.05) is 91.0 Å². The number of H-pyrrole nitrogens is 2. The van der Waals surface area contributed by atoms with Crippen molar-refractivity contribution in [3.05, 3.63) is 173 Å². The van der Waals surface area contributed by atoms with Gasteiger partial charge >= 0.3 is 26.6 Å². The van der Waals surface area contributed by atoms with Crippen molar-refractivity contribution in [1.29, 1.82) is 0 Å². The Morgan fingerprint density at radius 1 is 0.689 bits per heavy atom. The number of hydrogen-bond donors (Lipinski definition) is 4. The fourth-order valence-electron chi connectivity index (χ4n) is 8.18. The number of benzene rings is 3. The van der Waals surface area contributed by atoms with E-state index in [9.17, 15) is 33.5 Å². The molecule has 2 aromatic heterocycles. The third-order valence-corrected chi connectivity index (χ3v) is 14.4. The van der Waals surface area contributed by atoms with Gasteiger partial charge in [-0.25, -0.2) is 18.9 Å². The van der Waals surface area contributed by atoms with E-state index in [1.165, 1.54) is 47.3 Å². The Bertz CT molecular complexity index is 2570. The maximum Gasteiger partial charge on any atom is 0.345 e. The van der Waals surface area contributed by atoms with E-state index in [1.54, 1.807) is 6.92 Å². The van der Waals surface area contributed by atoms with Crippen LogP contribution in [0.15, 0.2) is 123 Å². The van der Waals surface area contributed by atoms with Gasteiger partial charge in [-0.3, -0.25) is 42.7 Å². The summed E-state index contributed by atoms with van der Waals surface area (Å²) < 4.78 is 51.9. The average molecular weight is 878 g/mol. The first kappa shape index (κ1) is 44.2. The smallest absolute Gasteiger partial charge is 0.345 e. The van der Waals surface area contributed by atoms with Crippen molar-refractivity contribution in [2.75, 3.05) is 53.0 Å². The first-order valence-electron chi connectivity index (χ1n) is 19.6. The van der Waals surface area contributed by atoms with Crippen molar-refractivity contribution >= 4 is 15.3 Å². The molecule has 20 heteroatoms. The number of aromatic nitrogens is 4. The second kappa shape index (κ2) is 17.9. The normalized spacial score (nSPS) is 21.6. The molecular formula is C41H49N7O11P2. The van der Waals surface area contributed by atoms with Gasteiger partial charge in [0, 0.05) is 43.2 Å². The van der Waals surface area contributed by atoms with E-state index in [0.29, 0.717) is 0 Å². The largest absolute Gasteiger partial charge is 0.351 e. The Labute approximate surface area is 350 Å². The van der Waals surface area contributed by atoms with Gasteiger partial charge in [0.1, 0.15) is 0 Å². The van der Waals surface area contributed by atoms with Gasteiger partial charge in [0.25, 0.3) is 11.1 Å². The van der Waals surface area contributed by atoms with Crippen molar-refractivity contribution in [2.45, 2.75) is 44.1 Å². The molecule has 18 nitrogen and oxygen atoms in total. The lowest BCUT2D eigenvalue weighted by Gasteiger charge is -2.51. The lowest BCUT2D eigenvalue weighted by Crippen LogP contribution is -2.58. The minimum Gasteiger partial charge on any atom is -0.351 e. The average Bonchev–Trinajstić information content (AvgIpc) is 3.23. The number of aromatic amines is 2. The Morgan fingerprint density at radius 2 is 1.13 bits per heavy atom. The van der Waals surface area contributed by atoms with Gasteiger partial charge in [0.15, 0.2) is 12.5 Å². The topological polar surface area (TPSA) is 222 Å². The number of hydrogen-bond acceptors (Lipinski definition) is 10.